The van der Waals surface area contributed by atoms with E-state index in [1.54, 1.807) is 0 Å². The van der Waals surface area contributed by atoms with Crippen molar-refractivity contribution in [1.82, 2.24) is 14.7 Å². The zero-order valence-electron chi connectivity index (χ0n) is 26.8. The van der Waals surface area contributed by atoms with Gasteiger partial charge in [0.25, 0.3) is 5.91 Å². The summed E-state index contributed by atoms with van der Waals surface area (Å²) in [6.07, 6.45) is -17.0. The van der Waals surface area contributed by atoms with Crippen molar-refractivity contribution in [2.45, 2.75) is 42.8 Å². The first kappa shape index (κ1) is 40.6. The first-order valence-corrected chi connectivity index (χ1v) is 15.7. The van der Waals surface area contributed by atoms with Crippen LogP contribution in [0.1, 0.15) is 49.5 Å². The van der Waals surface area contributed by atoms with Gasteiger partial charge in [-0.2, -0.15) is 36.7 Å². The predicted octanol–water partition coefficient (Wildman–Crippen LogP) is 9.05. The normalized spacial score (nSPS) is 14.2. The maximum absolute atomic E-state index is 14.8. The van der Waals surface area contributed by atoms with Crippen molar-refractivity contribution in [3.8, 4) is 28.6 Å². The van der Waals surface area contributed by atoms with E-state index in [9.17, 15) is 63.5 Å². The number of carboxylic acid groups (broad SMARTS) is 1. The van der Waals surface area contributed by atoms with Crippen LogP contribution >= 0.6 is 23.2 Å². The Bertz CT molecular complexity index is 2200. The van der Waals surface area contributed by atoms with Crippen molar-refractivity contribution in [3.63, 3.8) is 0 Å². The molecule has 3 aromatic carbocycles. The summed E-state index contributed by atoms with van der Waals surface area (Å²) in [5.41, 5.74) is -11.5. The molecule has 4 aromatic rings. The molecule has 1 aliphatic carbocycles. The van der Waals surface area contributed by atoms with Gasteiger partial charge in [-0.1, -0.05) is 29.3 Å². The Morgan fingerprint density at radius 1 is 0.873 bits per heavy atom. The molecule has 0 unspecified atom stereocenters. The Morgan fingerprint density at radius 3 is 2.00 bits per heavy atom. The summed E-state index contributed by atoms with van der Waals surface area (Å²) < 4.78 is 145. The van der Waals surface area contributed by atoms with Gasteiger partial charge >= 0.3 is 36.3 Å². The standard InChI is InChI=1S/C33H18Cl2F10N4O6/c34-22-6-5-18(9-21(22)26(50)48(29(14-46)7-8-29)15-54-28(53)17-3-1-16(2-4-17)27(51)52)19-12-47-49(13-19)25-23(35)10-20(11-24(25)55-33(43,44)45)30(36,31(37,38)39)32(40,41)42/h1-6,9-13H,7-8,15H2,(H,51,52). The Labute approximate surface area is 311 Å². The fraction of sp³-hybridized carbons (Fsp3) is 0.242. The van der Waals surface area contributed by atoms with Crippen LogP contribution in [0.3, 0.4) is 0 Å². The second-order valence-corrected chi connectivity index (χ2v) is 12.5. The summed E-state index contributed by atoms with van der Waals surface area (Å²) in [6, 6.07) is 9.53. The lowest BCUT2D eigenvalue weighted by Gasteiger charge is -2.31. The topological polar surface area (TPSA) is 135 Å². The van der Waals surface area contributed by atoms with E-state index in [1.807, 2.05) is 6.07 Å². The van der Waals surface area contributed by atoms with Gasteiger partial charge in [-0.15, -0.1) is 13.2 Å². The molecule has 0 saturated heterocycles. The lowest BCUT2D eigenvalue weighted by Crippen LogP contribution is -2.50. The maximum Gasteiger partial charge on any atom is 0.573 e. The SMILES string of the molecule is N#CC1(N(COC(=O)c2ccc(C(=O)O)cc2)C(=O)c2cc(-c3cnn(-c4c(Cl)cc(C(F)(C(F)(F)F)C(F)(F)F)cc4OC(F)(F)F)c3)ccc2Cl)CC1. The number of aromatic carboxylic acids is 1. The van der Waals surface area contributed by atoms with Crippen LogP contribution in [-0.2, 0) is 10.4 Å². The molecule has 0 bridgehead atoms. The van der Waals surface area contributed by atoms with Gasteiger partial charge in [0.05, 0.1) is 39.0 Å². The molecule has 290 valence electrons. The number of aromatic nitrogens is 2. The molecule has 5 rings (SSSR count). The highest BCUT2D eigenvalue weighted by molar-refractivity contribution is 6.34. The number of nitrogens with zero attached hydrogens (tertiary/aromatic N) is 4. The number of carboxylic acids is 1. The average Bonchev–Trinajstić information content (AvgIpc) is 3.73. The van der Waals surface area contributed by atoms with E-state index in [0.29, 0.717) is 4.68 Å². The van der Waals surface area contributed by atoms with Crippen molar-refractivity contribution in [2.75, 3.05) is 6.73 Å². The summed E-state index contributed by atoms with van der Waals surface area (Å²) >= 11 is 12.2. The zero-order chi connectivity index (χ0) is 40.9. The van der Waals surface area contributed by atoms with Crippen LogP contribution in [-0.4, -0.2) is 68.6 Å². The summed E-state index contributed by atoms with van der Waals surface area (Å²) in [6.45, 7) is -0.774. The highest BCUT2D eigenvalue weighted by Gasteiger charge is 2.73. The number of ether oxygens (including phenoxy) is 2. The highest BCUT2D eigenvalue weighted by Crippen LogP contribution is 2.55. The van der Waals surface area contributed by atoms with E-state index < -0.39 is 82.6 Å². The predicted molar refractivity (Wildman–Crippen MR) is 168 cm³/mol. The van der Waals surface area contributed by atoms with Gasteiger partial charge in [-0.3, -0.25) is 9.69 Å². The molecule has 1 amide bonds. The smallest absolute Gasteiger partial charge is 0.478 e. The Morgan fingerprint density at radius 2 is 1.47 bits per heavy atom. The van der Waals surface area contributed by atoms with Crippen molar-refractivity contribution in [3.05, 3.63) is 99.3 Å². The molecular weight excluding hydrogens is 809 g/mol. The molecule has 1 N–H and O–H groups in total. The lowest BCUT2D eigenvalue weighted by atomic mass is 9.93. The zero-order valence-corrected chi connectivity index (χ0v) is 28.3. The number of rotatable bonds is 10. The van der Waals surface area contributed by atoms with Gasteiger partial charge in [0.1, 0.15) is 11.2 Å². The Kier molecular flexibility index (Phi) is 10.5. The quantitative estimate of drug-likeness (QED) is 0.0951. The molecule has 1 aliphatic rings. The minimum absolute atomic E-state index is 0.0409. The Hall–Kier alpha value is -5.55. The molecule has 0 aliphatic heterocycles. The highest BCUT2D eigenvalue weighted by atomic mass is 35.5. The van der Waals surface area contributed by atoms with Gasteiger partial charge < -0.3 is 14.6 Å². The first-order chi connectivity index (χ1) is 25.4. The molecule has 1 fully saturated rings. The molecule has 0 spiro atoms. The molecule has 1 saturated carbocycles. The van der Waals surface area contributed by atoms with Crippen LogP contribution in [0.4, 0.5) is 43.9 Å². The Balaban J connectivity index is 1.49. The third-order valence-electron chi connectivity index (χ3n) is 8.16. The number of esters is 1. The number of amides is 1. The van der Waals surface area contributed by atoms with Crippen LogP contribution in [0.2, 0.25) is 10.0 Å². The van der Waals surface area contributed by atoms with Crippen LogP contribution in [0.25, 0.3) is 16.8 Å². The fourth-order valence-corrected chi connectivity index (χ4v) is 5.68. The number of carbonyl (C=O) groups excluding carboxylic acids is 2. The average molecular weight is 827 g/mol. The molecule has 55 heavy (non-hydrogen) atoms. The summed E-state index contributed by atoms with van der Waals surface area (Å²) in [4.78, 5) is 38.6. The van der Waals surface area contributed by atoms with E-state index in [1.165, 1.54) is 12.1 Å². The van der Waals surface area contributed by atoms with Gasteiger partial charge in [-0.25, -0.2) is 18.7 Å². The number of halogens is 12. The van der Waals surface area contributed by atoms with Gasteiger partial charge in [0, 0.05) is 17.3 Å². The molecule has 1 heterocycles. The number of carbonyl (C=O) groups is 3. The second kappa shape index (κ2) is 14.3. The molecule has 1 aromatic heterocycles. The number of nitriles is 1. The molecule has 0 radical (unpaired) electrons. The van der Waals surface area contributed by atoms with E-state index >= 15 is 0 Å². The van der Waals surface area contributed by atoms with E-state index in [4.69, 9.17) is 33.0 Å². The summed E-state index contributed by atoms with van der Waals surface area (Å²) in [7, 11) is 0. The van der Waals surface area contributed by atoms with Crippen LogP contribution in [0, 0.1) is 11.3 Å². The van der Waals surface area contributed by atoms with Gasteiger partial charge in [0.15, 0.2) is 12.5 Å². The molecule has 22 heteroatoms. The number of alkyl halides is 10. The maximum atomic E-state index is 14.8. The van der Waals surface area contributed by atoms with Crippen molar-refractivity contribution < 1.29 is 72.9 Å². The second-order valence-electron chi connectivity index (χ2n) is 11.7. The minimum atomic E-state index is -6.70. The number of benzene rings is 3. The third-order valence-corrected chi connectivity index (χ3v) is 8.78. The van der Waals surface area contributed by atoms with Crippen molar-refractivity contribution >= 4 is 41.0 Å². The first-order valence-electron chi connectivity index (χ1n) is 14.9. The monoisotopic (exact) mass is 826 g/mol. The van der Waals surface area contributed by atoms with Crippen LogP contribution < -0.4 is 4.74 Å². The number of hydrogen-bond donors (Lipinski definition) is 1. The van der Waals surface area contributed by atoms with Crippen LogP contribution in [0.5, 0.6) is 5.75 Å². The molecule has 10 nitrogen and oxygen atoms in total. The van der Waals surface area contributed by atoms with Crippen LogP contribution in [0.15, 0.2) is 67.0 Å². The summed E-state index contributed by atoms with van der Waals surface area (Å²) in [5.74, 6) is -4.96. The van der Waals surface area contributed by atoms with Gasteiger partial charge in [0.2, 0.25) is 0 Å². The largest absolute Gasteiger partial charge is 0.573 e. The van der Waals surface area contributed by atoms with E-state index in [0.717, 1.165) is 47.6 Å². The lowest BCUT2D eigenvalue weighted by molar-refractivity contribution is -0.348. The molecular formula is C33H18Cl2F10N4O6. The summed E-state index contributed by atoms with van der Waals surface area (Å²) in [5, 5.41) is 21.2. The van der Waals surface area contributed by atoms with Gasteiger partial charge in [-0.05, 0) is 66.9 Å². The minimum Gasteiger partial charge on any atom is -0.478 e. The fourth-order valence-electron chi connectivity index (χ4n) is 5.19. The van der Waals surface area contributed by atoms with Crippen molar-refractivity contribution in [1.29, 1.82) is 5.26 Å². The van der Waals surface area contributed by atoms with E-state index in [2.05, 4.69) is 9.84 Å². The third kappa shape index (κ3) is 7.98. The molecule has 0 atom stereocenters. The van der Waals surface area contributed by atoms with E-state index in [-0.39, 0.29) is 51.7 Å². The van der Waals surface area contributed by atoms with Crippen molar-refractivity contribution in [2.24, 2.45) is 0 Å². The number of hydrogen-bond acceptors (Lipinski definition) is 7.